The normalized spacial score (nSPS) is 14.0. The van der Waals surface area contributed by atoms with E-state index in [1.165, 1.54) is 18.3 Å². The Hall–Kier alpha value is -4.43. The zero-order chi connectivity index (χ0) is 25.3. The van der Waals surface area contributed by atoms with Crippen LogP contribution < -0.4 is 10.2 Å². The van der Waals surface area contributed by atoms with E-state index >= 15 is 0 Å². The molecule has 2 aromatic carbocycles. The van der Waals surface area contributed by atoms with Gasteiger partial charge in [-0.05, 0) is 43.3 Å². The van der Waals surface area contributed by atoms with Crippen molar-refractivity contribution in [2.24, 2.45) is 0 Å². The van der Waals surface area contributed by atoms with Crippen LogP contribution in [0.25, 0.3) is 10.9 Å². The molecule has 182 valence electrons. The van der Waals surface area contributed by atoms with Gasteiger partial charge in [0.2, 0.25) is 0 Å². The van der Waals surface area contributed by atoms with E-state index in [2.05, 4.69) is 25.2 Å². The second-order valence-corrected chi connectivity index (χ2v) is 10.2. The molecule has 11 heteroatoms. The number of nitrogens with zero attached hydrogens (tertiary/aromatic N) is 6. The maximum atomic E-state index is 13.3. The molecule has 3 heterocycles. The number of benzene rings is 2. The molecule has 0 spiro atoms. The van der Waals surface area contributed by atoms with Crippen LogP contribution in [0.3, 0.4) is 0 Å². The van der Waals surface area contributed by atoms with Gasteiger partial charge in [0.1, 0.15) is 16.8 Å². The van der Waals surface area contributed by atoms with Gasteiger partial charge in [0.25, 0.3) is 10.0 Å². The molecule has 5 rings (SSSR count). The molecule has 0 aliphatic carbocycles. The summed E-state index contributed by atoms with van der Waals surface area (Å²) < 4.78 is 27.5. The standard InChI is InChI=1S/C25H24N8O2S/c1-18(27)31-10-12-32(13-11-31)22-8-6-21(7-9-22)30-25-14-23-20(16-28-25)17-29-33(23)36(34,35)24-5-3-2-4-19(24)15-26/h2-9,14,16-17,27H,10-13H2,1H3,(H,28,30). The summed E-state index contributed by atoms with van der Waals surface area (Å²) in [7, 11) is -4.08. The fourth-order valence-electron chi connectivity index (χ4n) is 4.24. The molecule has 0 amide bonds. The highest BCUT2D eigenvalue weighted by atomic mass is 32.2. The first kappa shape index (κ1) is 23.3. The van der Waals surface area contributed by atoms with E-state index in [0.29, 0.717) is 22.6 Å². The van der Waals surface area contributed by atoms with Gasteiger partial charge >= 0.3 is 0 Å². The Morgan fingerprint density at radius 1 is 1.06 bits per heavy atom. The number of anilines is 3. The largest absolute Gasteiger partial charge is 0.368 e. The molecule has 2 N–H and O–H groups in total. The minimum atomic E-state index is -4.08. The lowest BCUT2D eigenvalue weighted by Crippen LogP contribution is -2.47. The number of nitrogens with one attached hydrogen (secondary N) is 2. The molecule has 0 atom stereocenters. The molecule has 0 unspecified atom stereocenters. The predicted octanol–water partition coefficient (Wildman–Crippen LogP) is 3.40. The van der Waals surface area contributed by atoms with Crippen LogP contribution in [0.5, 0.6) is 0 Å². The van der Waals surface area contributed by atoms with Crippen molar-refractivity contribution in [3.63, 3.8) is 0 Å². The third-order valence-electron chi connectivity index (χ3n) is 6.19. The van der Waals surface area contributed by atoms with Crippen LogP contribution >= 0.6 is 0 Å². The first-order valence-corrected chi connectivity index (χ1v) is 12.8. The summed E-state index contributed by atoms with van der Waals surface area (Å²) in [6.45, 7) is 5.18. The second-order valence-electron chi connectivity index (χ2n) is 8.46. The van der Waals surface area contributed by atoms with Gasteiger partial charge in [-0.15, -0.1) is 0 Å². The molecule has 10 nitrogen and oxygen atoms in total. The first-order valence-electron chi connectivity index (χ1n) is 11.4. The summed E-state index contributed by atoms with van der Waals surface area (Å²) in [5.41, 5.74) is 2.33. The van der Waals surface area contributed by atoms with Gasteiger partial charge in [-0.25, -0.2) is 4.98 Å². The number of aromatic nitrogens is 3. The highest BCUT2D eigenvalue weighted by Gasteiger charge is 2.24. The first-order chi connectivity index (χ1) is 17.4. The smallest absolute Gasteiger partial charge is 0.284 e. The summed E-state index contributed by atoms with van der Waals surface area (Å²) in [5, 5.41) is 25.0. The van der Waals surface area contributed by atoms with Crippen molar-refractivity contribution in [3.8, 4) is 6.07 Å². The average molecular weight is 501 g/mol. The van der Waals surface area contributed by atoms with Crippen molar-refractivity contribution in [3.05, 3.63) is 72.6 Å². The van der Waals surface area contributed by atoms with E-state index < -0.39 is 10.0 Å². The summed E-state index contributed by atoms with van der Waals surface area (Å²) in [4.78, 5) is 8.65. The van der Waals surface area contributed by atoms with Gasteiger partial charge < -0.3 is 15.1 Å². The number of amidine groups is 1. The quantitative estimate of drug-likeness (QED) is 0.315. The third-order valence-corrected chi connectivity index (χ3v) is 7.85. The van der Waals surface area contributed by atoms with Gasteiger partial charge in [0.05, 0.1) is 23.1 Å². The molecular weight excluding hydrogens is 476 g/mol. The molecule has 1 aliphatic rings. The summed E-state index contributed by atoms with van der Waals surface area (Å²) in [5.74, 6) is 1.07. The van der Waals surface area contributed by atoms with Crippen molar-refractivity contribution in [2.75, 3.05) is 36.4 Å². The van der Waals surface area contributed by atoms with Crippen molar-refractivity contribution < 1.29 is 8.42 Å². The minimum Gasteiger partial charge on any atom is -0.368 e. The number of rotatable bonds is 5. The Labute approximate surface area is 209 Å². The maximum Gasteiger partial charge on any atom is 0.284 e. The predicted molar refractivity (Wildman–Crippen MR) is 138 cm³/mol. The second kappa shape index (κ2) is 9.31. The van der Waals surface area contributed by atoms with E-state index in [1.807, 2.05) is 37.3 Å². The molecule has 0 saturated carbocycles. The Balaban J connectivity index is 1.37. The topological polar surface area (TPSA) is 131 Å². The molecule has 1 saturated heterocycles. The van der Waals surface area contributed by atoms with Gasteiger partial charge in [-0.3, -0.25) is 5.41 Å². The van der Waals surface area contributed by atoms with Gasteiger partial charge in [-0.1, -0.05) is 12.1 Å². The van der Waals surface area contributed by atoms with E-state index in [9.17, 15) is 13.7 Å². The monoisotopic (exact) mass is 500 g/mol. The SMILES string of the molecule is CC(=N)N1CCN(c2ccc(Nc3cc4c(cn3)cnn4S(=O)(=O)c3ccccc3C#N)cc2)CC1. The molecule has 0 radical (unpaired) electrons. The van der Waals surface area contributed by atoms with E-state index in [0.717, 1.165) is 41.6 Å². The number of pyridine rings is 1. The van der Waals surface area contributed by atoms with Gasteiger partial charge in [0, 0.05) is 55.2 Å². The number of piperazine rings is 1. The number of nitriles is 1. The van der Waals surface area contributed by atoms with Crippen molar-refractivity contribution in [1.82, 2.24) is 19.1 Å². The molecule has 4 aromatic rings. The average Bonchev–Trinajstić information content (AvgIpc) is 3.33. The lowest BCUT2D eigenvalue weighted by Gasteiger charge is -2.36. The Morgan fingerprint density at radius 3 is 2.47 bits per heavy atom. The summed E-state index contributed by atoms with van der Waals surface area (Å²) in [6.07, 6.45) is 3.00. The number of hydrogen-bond acceptors (Lipinski definition) is 8. The molecule has 2 aromatic heterocycles. The highest BCUT2D eigenvalue weighted by molar-refractivity contribution is 7.90. The molecule has 1 aliphatic heterocycles. The van der Waals surface area contributed by atoms with E-state index in [-0.39, 0.29) is 10.5 Å². The van der Waals surface area contributed by atoms with Crippen LogP contribution in [0.2, 0.25) is 0 Å². The number of fused-ring (bicyclic) bond motifs is 1. The molecular formula is C25H24N8O2S. The maximum absolute atomic E-state index is 13.3. The fourth-order valence-corrected chi connectivity index (χ4v) is 5.65. The van der Waals surface area contributed by atoms with Crippen LogP contribution in [0.15, 0.2) is 71.9 Å². The van der Waals surface area contributed by atoms with Gasteiger partial charge in [-0.2, -0.15) is 22.9 Å². The Morgan fingerprint density at radius 2 is 1.78 bits per heavy atom. The highest BCUT2D eigenvalue weighted by Crippen LogP contribution is 2.26. The van der Waals surface area contributed by atoms with E-state index in [1.54, 1.807) is 24.4 Å². The molecule has 36 heavy (non-hydrogen) atoms. The van der Waals surface area contributed by atoms with E-state index in [4.69, 9.17) is 5.41 Å². The van der Waals surface area contributed by atoms with Crippen LogP contribution in [0, 0.1) is 16.7 Å². The lowest BCUT2D eigenvalue weighted by molar-refractivity contribution is 0.382. The molecule has 0 bridgehead atoms. The Bertz CT molecular complexity index is 1580. The van der Waals surface area contributed by atoms with Crippen molar-refractivity contribution in [1.29, 1.82) is 10.7 Å². The summed E-state index contributed by atoms with van der Waals surface area (Å²) >= 11 is 0. The fraction of sp³-hybridized carbons (Fsp3) is 0.200. The van der Waals surface area contributed by atoms with Crippen molar-refractivity contribution >= 4 is 44.0 Å². The zero-order valence-corrected chi connectivity index (χ0v) is 20.4. The number of hydrogen-bond donors (Lipinski definition) is 2. The van der Waals surface area contributed by atoms with Crippen LogP contribution in [0.4, 0.5) is 17.2 Å². The molecule has 1 fully saturated rings. The van der Waals surface area contributed by atoms with Crippen LogP contribution in [-0.2, 0) is 10.0 Å². The third kappa shape index (κ3) is 4.34. The minimum absolute atomic E-state index is 0.0584. The van der Waals surface area contributed by atoms with Crippen molar-refractivity contribution in [2.45, 2.75) is 11.8 Å². The Kier molecular flexibility index (Phi) is 6.03. The zero-order valence-electron chi connectivity index (χ0n) is 19.6. The van der Waals surface area contributed by atoms with Gasteiger partial charge in [0.15, 0.2) is 0 Å². The van der Waals surface area contributed by atoms with Crippen LogP contribution in [0.1, 0.15) is 12.5 Å². The van der Waals surface area contributed by atoms with Crippen LogP contribution in [-0.4, -0.2) is 59.5 Å². The summed E-state index contributed by atoms with van der Waals surface area (Å²) in [6, 6.07) is 17.6. The lowest BCUT2D eigenvalue weighted by atomic mass is 10.2.